The van der Waals surface area contributed by atoms with Crippen LogP contribution in [0.3, 0.4) is 0 Å². The molecule has 1 aliphatic rings. The summed E-state index contributed by atoms with van der Waals surface area (Å²) in [5.74, 6) is 0. The molecule has 1 heterocycles. The molecule has 1 rings (SSSR count). The summed E-state index contributed by atoms with van der Waals surface area (Å²) >= 11 is 5.56. The molecule has 0 aliphatic carbocycles. The van der Waals surface area contributed by atoms with Crippen molar-refractivity contribution in [1.29, 1.82) is 0 Å². The first-order valence-electron chi connectivity index (χ1n) is 6.25. The third-order valence-electron chi connectivity index (χ3n) is 4.05. The maximum Gasteiger partial charge on any atom is 0.316 e. The summed E-state index contributed by atoms with van der Waals surface area (Å²) in [7, 11) is -1.72. The molecule has 0 aromatic heterocycles. The molecule has 0 N–H and O–H groups in total. The molecule has 17 heavy (non-hydrogen) atoms. The molecule has 1 aliphatic heterocycles. The van der Waals surface area contributed by atoms with E-state index in [0.717, 1.165) is 19.4 Å². The van der Waals surface area contributed by atoms with Crippen LogP contribution in [0.1, 0.15) is 33.6 Å². The summed E-state index contributed by atoms with van der Waals surface area (Å²) in [5.41, 5.74) is 0. The minimum atomic E-state index is -1.72. The lowest BCUT2D eigenvalue weighted by atomic mass is 10.2. The normalized spacial score (nSPS) is 22.0. The highest BCUT2D eigenvalue weighted by Gasteiger charge is 2.38. The Hall–Kier alpha value is -0.0631. The third-order valence-corrected chi connectivity index (χ3v) is 8.76. The number of rotatable bonds is 3. The molecule has 0 radical (unpaired) electrons. The van der Waals surface area contributed by atoms with E-state index < -0.39 is 8.32 Å². The Kier molecular flexibility index (Phi) is 4.66. The number of hydrogen-bond acceptors (Lipinski definition) is 2. The molecule has 5 heteroatoms. The maximum atomic E-state index is 11.2. The van der Waals surface area contributed by atoms with Crippen molar-refractivity contribution in [1.82, 2.24) is 4.90 Å². The zero-order chi connectivity index (χ0) is 13.3. The molecule has 0 bridgehead atoms. The van der Waals surface area contributed by atoms with Crippen LogP contribution in [0.25, 0.3) is 0 Å². The van der Waals surface area contributed by atoms with Crippen molar-refractivity contribution in [3.63, 3.8) is 0 Å². The van der Waals surface area contributed by atoms with Crippen molar-refractivity contribution in [3.05, 3.63) is 0 Å². The van der Waals surface area contributed by atoms with Gasteiger partial charge in [-0.3, -0.25) is 4.79 Å². The number of amides is 1. The number of nitrogens with zero attached hydrogens (tertiary/aromatic N) is 1. The van der Waals surface area contributed by atoms with Gasteiger partial charge in [0.25, 0.3) is 0 Å². The van der Waals surface area contributed by atoms with E-state index in [1.165, 1.54) is 0 Å². The second-order valence-electron chi connectivity index (χ2n) is 6.31. The Balaban J connectivity index is 2.53. The molecule has 0 saturated carbocycles. The van der Waals surface area contributed by atoms with Crippen LogP contribution in [0.15, 0.2) is 0 Å². The van der Waals surface area contributed by atoms with Gasteiger partial charge in [-0.15, -0.1) is 0 Å². The van der Waals surface area contributed by atoms with Gasteiger partial charge in [0.05, 0.1) is 12.6 Å². The van der Waals surface area contributed by atoms with E-state index in [9.17, 15) is 4.79 Å². The van der Waals surface area contributed by atoms with Gasteiger partial charge in [-0.1, -0.05) is 20.8 Å². The topological polar surface area (TPSA) is 29.5 Å². The van der Waals surface area contributed by atoms with Crippen molar-refractivity contribution in [2.75, 3.05) is 13.2 Å². The molecule has 0 aromatic rings. The van der Waals surface area contributed by atoms with Crippen LogP contribution >= 0.6 is 11.6 Å². The van der Waals surface area contributed by atoms with Crippen molar-refractivity contribution in [2.24, 2.45) is 0 Å². The zero-order valence-corrected chi connectivity index (χ0v) is 13.3. The fraction of sp³-hybridized carbons (Fsp3) is 0.917. The van der Waals surface area contributed by atoms with Crippen LogP contribution in [-0.2, 0) is 4.43 Å². The predicted octanol–water partition coefficient (Wildman–Crippen LogP) is 3.83. The molecule has 1 atom stereocenters. The van der Waals surface area contributed by atoms with Crippen molar-refractivity contribution in [3.8, 4) is 0 Å². The SMILES string of the molecule is CC(C)(C)[Si](C)(C)OC[C@@H]1CCCN1C(=O)Cl. The Morgan fingerprint density at radius 3 is 2.53 bits per heavy atom. The summed E-state index contributed by atoms with van der Waals surface area (Å²) in [4.78, 5) is 13.0. The lowest BCUT2D eigenvalue weighted by Gasteiger charge is -2.37. The second kappa shape index (κ2) is 5.29. The van der Waals surface area contributed by atoms with Gasteiger partial charge in [-0.2, -0.15) is 0 Å². The maximum absolute atomic E-state index is 11.2. The van der Waals surface area contributed by atoms with Crippen LogP contribution in [0, 0.1) is 0 Å². The monoisotopic (exact) mass is 277 g/mol. The van der Waals surface area contributed by atoms with E-state index in [2.05, 4.69) is 33.9 Å². The largest absolute Gasteiger partial charge is 0.415 e. The first kappa shape index (κ1) is 15.0. The van der Waals surface area contributed by atoms with Crippen molar-refractivity contribution < 1.29 is 9.22 Å². The van der Waals surface area contributed by atoms with Gasteiger partial charge in [0.2, 0.25) is 0 Å². The first-order valence-corrected chi connectivity index (χ1v) is 9.54. The van der Waals surface area contributed by atoms with E-state index in [-0.39, 0.29) is 16.4 Å². The molecule has 0 unspecified atom stereocenters. The van der Waals surface area contributed by atoms with Crippen LogP contribution in [-0.4, -0.2) is 37.8 Å². The molecule has 0 aromatic carbocycles. The fourth-order valence-electron chi connectivity index (χ4n) is 1.76. The quantitative estimate of drug-likeness (QED) is 0.446. The summed E-state index contributed by atoms with van der Waals surface area (Å²) in [6.07, 6.45) is 2.04. The molecule has 1 fully saturated rings. The number of likely N-dealkylation sites (tertiary alicyclic amines) is 1. The van der Waals surface area contributed by atoms with Crippen LogP contribution in [0.4, 0.5) is 4.79 Å². The van der Waals surface area contributed by atoms with Gasteiger partial charge in [0.15, 0.2) is 8.32 Å². The van der Waals surface area contributed by atoms with Crippen LogP contribution in [0.2, 0.25) is 18.1 Å². The number of halogens is 1. The van der Waals surface area contributed by atoms with Crippen molar-refractivity contribution >= 4 is 25.3 Å². The van der Waals surface area contributed by atoms with Gasteiger partial charge < -0.3 is 9.33 Å². The number of hydrogen-bond donors (Lipinski definition) is 0. The zero-order valence-electron chi connectivity index (χ0n) is 11.5. The van der Waals surface area contributed by atoms with Crippen LogP contribution < -0.4 is 0 Å². The molecule has 100 valence electrons. The third kappa shape index (κ3) is 3.70. The minimum Gasteiger partial charge on any atom is -0.415 e. The standard InChI is InChI=1S/C12H24ClNO2Si/c1-12(2,3)17(4,5)16-9-10-7-6-8-14(10)11(13)15/h10H,6-9H2,1-5H3/t10-/m0/s1. The molecular formula is C12H24ClNO2Si. The van der Waals surface area contributed by atoms with Gasteiger partial charge in [-0.05, 0) is 42.6 Å². The summed E-state index contributed by atoms with van der Waals surface area (Å²) in [6.45, 7) is 12.5. The summed E-state index contributed by atoms with van der Waals surface area (Å²) < 4.78 is 6.14. The van der Waals surface area contributed by atoms with E-state index in [1.807, 2.05) is 0 Å². The first-order chi connectivity index (χ1) is 7.65. The Morgan fingerprint density at radius 2 is 2.06 bits per heavy atom. The Labute approximate surface area is 111 Å². The lowest BCUT2D eigenvalue weighted by molar-refractivity contribution is 0.175. The van der Waals surface area contributed by atoms with Gasteiger partial charge in [0.1, 0.15) is 0 Å². The minimum absolute atomic E-state index is 0.175. The molecule has 3 nitrogen and oxygen atoms in total. The predicted molar refractivity (Wildman–Crippen MR) is 74.1 cm³/mol. The number of carbonyl (C=O) groups excluding carboxylic acids is 1. The van der Waals surface area contributed by atoms with Gasteiger partial charge in [0, 0.05) is 6.54 Å². The second-order valence-corrected chi connectivity index (χ2v) is 11.4. The molecule has 1 amide bonds. The average Bonchev–Trinajstić information content (AvgIpc) is 2.60. The Morgan fingerprint density at radius 1 is 1.47 bits per heavy atom. The summed E-state index contributed by atoms with van der Waals surface area (Å²) in [5, 5.41) is -0.132. The smallest absolute Gasteiger partial charge is 0.316 e. The molecule has 0 spiro atoms. The highest BCUT2D eigenvalue weighted by atomic mass is 35.5. The van der Waals surface area contributed by atoms with Crippen molar-refractivity contribution in [2.45, 2.75) is 57.8 Å². The Bertz CT molecular complexity index is 289. The van der Waals surface area contributed by atoms with E-state index in [0.29, 0.717) is 6.61 Å². The van der Waals surface area contributed by atoms with E-state index in [4.69, 9.17) is 16.0 Å². The van der Waals surface area contributed by atoms with Gasteiger partial charge in [-0.25, -0.2) is 0 Å². The van der Waals surface area contributed by atoms with E-state index in [1.54, 1.807) is 4.90 Å². The molecular weight excluding hydrogens is 254 g/mol. The molecule has 1 saturated heterocycles. The number of carbonyl (C=O) groups is 1. The fourth-order valence-corrected chi connectivity index (χ4v) is 3.03. The highest BCUT2D eigenvalue weighted by Crippen LogP contribution is 2.37. The lowest BCUT2D eigenvalue weighted by Crippen LogP contribution is -2.45. The summed E-state index contributed by atoms with van der Waals surface area (Å²) in [6, 6.07) is 0.175. The highest BCUT2D eigenvalue weighted by molar-refractivity contribution is 6.74. The van der Waals surface area contributed by atoms with E-state index >= 15 is 0 Å². The van der Waals surface area contributed by atoms with Crippen LogP contribution in [0.5, 0.6) is 0 Å². The average molecular weight is 278 g/mol. The van der Waals surface area contributed by atoms with Gasteiger partial charge >= 0.3 is 5.37 Å².